The number of amides is 1. The smallest absolute Gasteiger partial charge is 0.242 e. The van der Waals surface area contributed by atoms with Crippen LogP contribution in [0.3, 0.4) is 0 Å². The molecule has 0 spiro atoms. The second-order valence-electron chi connectivity index (χ2n) is 8.26. The molecule has 1 aromatic rings. The largest absolute Gasteiger partial charge is 0.374 e. The van der Waals surface area contributed by atoms with Crippen molar-refractivity contribution in [3.05, 3.63) is 35.4 Å². The van der Waals surface area contributed by atoms with Gasteiger partial charge in [-0.1, -0.05) is 24.3 Å². The first kappa shape index (κ1) is 19.9. The molecule has 28 heavy (non-hydrogen) atoms. The van der Waals surface area contributed by atoms with Gasteiger partial charge in [0.15, 0.2) is 5.96 Å². The predicted octanol–water partition coefficient (Wildman–Crippen LogP) is 1.87. The average molecular weight is 496 g/mol. The van der Waals surface area contributed by atoms with Crippen LogP contribution in [-0.4, -0.2) is 67.1 Å². The Hall–Kier alpha value is -1.35. The lowest BCUT2D eigenvalue weighted by Crippen LogP contribution is -2.47. The Balaban J connectivity index is 0.00000192. The zero-order valence-corrected chi connectivity index (χ0v) is 18.7. The number of likely N-dealkylation sites (tertiary alicyclic amines) is 1. The fourth-order valence-electron chi connectivity index (χ4n) is 5.44. The lowest BCUT2D eigenvalue weighted by molar-refractivity contribution is -0.130. The maximum Gasteiger partial charge on any atom is 0.242 e. The van der Waals surface area contributed by atoms with Gasteiger partial charge >= 0.3 is 0 Å². The van der Waals surface area contributed by atoms with Crippen molar-refractivity contribution in [1.82, 2.24) is 15.1 Å². The van der Waals surface area contributed by atoms with Gasteiger partial charge in [0.2, 0.25) is 5.91 Å². The number of halogens is 1. The van der Waals surface area contributed by atoms with E-state index < -0.39 is 0 Å². The maximum atomic E-state index is 12.7. The third-order valence-corrected chi connectivity index (χ3v) is 6.85. The first-order chi connectivity index (χ1) is 13.2. The quantitative estimate of drug-likeness (QED) is 0.386. The third kappa shape index (κ3) is 3.51. The fourth-order valence-corrected chi connectivity index (χ4v) is 5.44. The third-order valence-electron chi connectivity index (χ3n) is 6.85. The Labute approximate surface area is 183 Å². The molecule has 1 aromatic carbocycles. The minimum Gasteiger partial charge on any atom is -0.374 e. The van der Waals surface area contributed by atoms with Gasteiger partial charge < -0.3 is 19.9 Å². The van der Waals surface area contributed by atoms with Gasteiger partial charge in [-0.05, 0) is 30.4 Å². The van der Waals surface area contributed by atoms with Crippen LogP contribution < -0.4 is 5.32 Å². The monoisotopic (exact) mass is 496 g/mol. The molecule has 5 rings (SSSR count). The second-order valence-corrected chi connectivity index (χ2v) is 8.26. The number of carbonyl (C=O) groups excluding carboxylic acids is 1. The van der Waals surface area contributed by atoms with E-state index in [1.807, 2.05) is 18.0 Å². The molecule has 0 aromatic heterocycles. The van der Waals surface area contributed by atoms with E-state index in [4.69, 9.17) is 4.74 Å². The molecule has 1 amide bonds. The molecule has 4 unspecified atom stereocenters. The van der Waals surface area contributed by atoms with Crippen molar-refractivity contribution in [2.45, 2.75) is 38.0 Å². The highest BCUT2D eigenvalue weighted by molar-refractivity contribution is 14.0. The number of nitrogens with zero attached hydrogens (tertiary/aromatic N) is 3. The van der Waals surface area contributed by atoms with Crippen LogP contribution >= 0.6 is 24.0 Å². The molecular formula is C21H29IN4O2. The summed E-state index contributed by atoms with van der Waals surface area (Å²) in [6.45, 7) is 3.81. The summed E-state index contributed by atoms with van der Waals surface area (Å²) in [5.41, 5.74) is 2.63. The summed E-state index contributed by atoms with van der Waals surface area (Å²) in [5, 5.41) is 3.32. The Morgan fingerprint density at radius 2 is 1.82 bits per heavy atom. The minimum absolute atomic E-state index is 0. The van der Waals surface area contributed by atoms with Crippen LogP contribution in [0.5, 0.6) is 0 Å². The van der Waals surface area contributed by atoms with Crippen molar-refractivity contribution in [2.75, 3.05) is 33.2 Å². The number of hydrogen-bond donors (Lipinski definition) is 1. The summed E-state index contributed by atoms with van der Waals surface area (Å²) < 4.78 is 6.06. The Morgan fingerprint density at radius 1 is 1.14 bits per heavy atom. The van der Waals surface area contributed by atoms with Crippen LogP contribution in [0.1, 0.15) is 24.0 Å². The van der Waals surface area contributed by atoms with Gasteiger partial charge in [-0.25, -0.2) is 0 Å². The molecule has 0 radical (unpaired) electrons. The zero-order chi connectivity index (χ0) is 18.4. The van der Waals surface area contributed by atoms with Crippen molar-refractivity contribution in [3.8, 4) is 0 Å². The van der Waals surface area contributed by atoms with Gasteiger partial charge in [0, 0.05) is 45.1 Å². The zero-order valence-electron chi connectivity index (χ0n) is 16.3. The normalized spacial score (nSPS) is 30.7. The van der Waals surface area contributed by atoms with Crippen LogP contribution in [0, 0.1) is 11.8 Å². The van der Waals surface area contributed by atoms with E-state index in [9.17, 15) is 4.79 Å². The SMILES string of the molecule is CN=C(NCC(=O)N1CCc2ccccc2C1)N1CC2C3CCC(O3)C2C1.I. The van der Waals surface area contributed by atoms with Gasteiger partial charge in [-0.15, -0.1) is 24.0 Å². The molecule has 0 saturated carbocycles. The van der Waals surface area contributed by atoms with Crippen LogP contribution in [-0.2, 0) is 22.5 Å². The number of carbonyl (C=O) groups is 1. The van der Waals surface area contributed by atoms with Gasteiger partial charge in [0.05, 0.1) is 18.8 Å². The number of ether oxygens (including phenoxy) is 1. The van der Waals surface area contributed by atoms with E-state index in [2.05, 4.69) is 33.4 Å². The topological polar surface area (TPSA) is 57.2 Å². The fraction of sp³-hybridized carbons (Fsp3) is 0.619. The lowest BCUT2D eigenvalue weighted by atomic mass is 9.82. The molecule has 4 aliphatic heterocycles. The molecule has 4 heterocycles. The Morgan fingerprint density at radius 3 is 2.50 bits per heavy atom. The summed E-state index contributed by atoms with van der Waals surface area (Å²) >= 11 is 0. The van der Waals surface area contributed by atoms with Crippen LogP contribution in [0.15, 0.2) is 29.3 Å². The van der Waals surface area contributed by atoms with Gasteiger partial charge in [-0.3, -0.25) is 9.79 Å². The average Bonchev–Trinajstić information content (AvgIpc) is 3.41. The van der Waals surface area contributed by atoms with Crippen LogP contribution in [0.4, 0.5) is 0 Å². The summed E-state index contributed by atoms with van der Waals surface area (Å²) in [5.74, 6) is 2.27. The van der Waals surface area contributed by atoms with E-state index in [1.165, 1.54) is 24.0 Å². The first-order valence-corrected chi connectivity index (χ1v) is 10.2. The molecule has 2 bridgehead atoms. The number of aliphatic imine (C=N–C) groups is 1. The number of guanidine groups is 1. The van der Waals surface area contributed by atoms with Crippen molar-refractivity contribution in [1.29, 1.82) is 0 Å². The lowest BCUT2D eigenvalue weighted by Gasteiger charge is -2.30. The Bertz CT molecular complexity index is 753. The number of rotatable bonds is 2. The first-order valence-electron chi connectivity index (χ1n) is 10.2. The van der Waals surface area contributed by atoms with E-state index >= 15 is 0 Å². The van der Waals surface area contributed by atoms with Crippen molar-refractivity contribution >= 4 is 35.8 Å². The molecule has 152 valence electrons. The molecule has 3 saturated heterocycles. The summed E-state index contributed by atoms with van der Waals surface area (Å²) in [7, 11) is 1.81. The van der Waals surface area contributed by atoms with Crippen LogP contribution in [0.2, 0.25) is 0 Å². The summed E-state index contributed by atoms with van der Waals surface area (Å²) in [6, 6.07) is 8.41. The molecule has 1 N–H and O–H groups in total. The van der Waals surface area contributed by atoms with Crippen molar-refractivity contribution in [3.63, 3.8) is 0 Å². The number of fused-ring (bicyclic) bond motifs is 6. The number of hydrogen-bond acceptors (Lipinski definition) is 3. The molecule has 4 aliphatic rings. The van der Waals surface area contributed by atoms with Gasteiger partial charge in [-0.2, -0.15) is 0 Å². The highest BCUT2D eigenvalue weighted by Gasteiger charge is 2.53. The summed E-state index contributed by atoms with van der Waals surface area (Å²) in [4.78, 5) is 21.4. The molecule has 0 aliphatic carbocycles. The standard InChI is InChI=1S/C21H28N4O2.HI/c1-22-21(25-12-16-17(13-25)19-7-6-18(16)27-19)23-10-20(26)24-9-8-14-4-2-3-5-15(14)11-24;/h2-5,16-19H,6-13H2,1H3,(H,22,23);1H. The van der Waals surface area contributed by atoms with E-state index in [1.54, 1.807) is 0 Å². The van der Waals surface area contributed by atoms with E-state index in [-0.39, 0.29) is 29.9 Å². The highest BCUT2D eigenvalue weighted by atomic mass is 127. The predicted molar refractivity (Wildman–Crippen MR) is 119 cm³/mol. The van der Waals surface area contributed by atoms with Crippen LogP contribution in [0.25, 0.3) is 0 Å². The molecule has 7 heteroatoms. The van der Waals surface area contributed by atoms with Gasteiger partial charge in [0.25, 0.3) is 0 Å². The molecule has 3 fully saturated rings. The second kappa shape index (κ2) is 8.18. The maximum absolute atomic E-state index is 12.7. The van der Waals surface area contributed by atoms with E-state index in [0.717, 1.165) is 32.0 Å². The highest BCUT2D eigenvalue weighted by Crippen LogP contribution is 2.47. The molecular weight excluding hydrogens is 467 g/mol. The van der Waals surface area contributed by atoms with E-state index in [0.29, 0.717) is 37.1 Å². The number of nitrogens with one attached hydrogen (secondary N) is 1. The number of benzene rings is 1. The van der Waals surface area contributed by atoms with Crippen molar-refractivity contribution in [2.24, 2.45) is 16.8 Å². The molecule has 4 atom stereocenters. The van der Waals surface area contributed by atoms with Gasteiger partial charge in [0.1, 0.15) is 0 Å². The summed E-state index contributed by atoms with van der Waals surface area (Å²) in [6.07, 6.45) is 4.24. The minimum atomic E-state index is 0. The van der Waals surface area contributed by atoms with Crippen molar-refractivity contribution < 1.29 is 9.53 Å². The Kier molecular flexibility index (Phi) is 5.83. The molecule has 6 nitrogen and oxygen atoms in total.